The van der Waals surface area contributed by atoms with Crippen molar-refractivity contribution in [3.63, 3.8) is 0 Å². The van der Waals surface area contributed by atoms with Gasteiger partial charge >= 0.3 is 0 Å². The SMILES string of the molecule is CN1C(=O)CC(C(=O)NCCCO)C1c1cccc(Cl)c1. The highest BCUT2D eigenvalue weighted by Crippen LogP contribution is 2.37. The van der Waals surface area contributed by atoms with Crippen LogP contribution < -0.4 is 5.32 Å². The maximum Gasteiger partial charge on any atom is 0.226 e. The van der Waals surface area contributed by atoms with Gasteiger partial charge in [-0.2, -0.15) is 0 Å². The van der Waals surface area contributed by atoms with Gasteiger partial charge in [-0.15, -0.1) is 0 Å². The lowest BCUT2D eigenvalue weighted by Crippen LogP contribution is -2.35. The van der Waals surface area contributed by atoms with E-state index >= 15 is 0 Å². The zero-order chi connectivity index (χ0) is 15.4. The van der Waals surface area contributed by atoms with Crippen LogP contribution in [0.1, 0.15) is 24.4 Å². The first kappa shape index (κ1) is 15.8. The molecule has 0 radical (unpaired) electrons. The van der Waals surface area contributed by atoms with Gasteiger partial charge in [-0.1, -0.05) is 23.7 Å². The summed E-state index contributed by atoms with van der Waals surface area (Å²) in [5.74, 6) is -0.645. The number of hydrogen-bond acceptors (Lipinski definition) is 3. The fourth-order valence-electron chi connectivity index (χ4n) is 2.67. The molecule has 1 aliphatic heterocycles. The van der Waals surface area contributed by atoms with Crippen molar-refractivity contribution in [3.8, 4) is 0 Å². The Morgan fingerprint density at radius 3 is 2.95 bits per heavy atom. The number of aliphatic hydroxyl groups is 1. The minimum atomic E-state index is -0.431. The molecule has 114 valence electrons. The van der Waals surface area contributed by atoms with E-state index in [0.717, 1.165) is 5.56 Å². The fourth-order valence-corrected chi connectivity index (χ4v) is 2.87. The lowest BCUT2D eigenvalue weighted by atomic mass is 9.93. The van der Waals surface area contributed by atoms with Crippen LogP contribution in [0.3, 0.4) is 0 Å². The first-order valence-electron chi connectivity index (χ1n) is 6.94. The molecular formula is C15H19ClN2O3. The number of halogens is 1. The number of amides is 2. The Morgan fingerprint density at radius 1 is 1.52 bits per heavy atom. The minimum Gasteiger partial charge on any atom is -0.396 e. The zero-order valence-electron chi connectivity index (χ0n) is 11.9. The van der Waals surface area contributed by atoms with Gasteiger partial charge in [0.25, 0.3) is 0 Å². The molecule has 0 bridgehead atoms. The summed E-state index contributed by atoms with van der Waals surface area (Å²) in [5, 5.41) is 12.1. The molecule has 2 N–H and O–H groups in total. The van der Waals surface area contributed by atoms with Gasteiger partial charge in [-0.3, -0.25) is 9.59 Å². The van der Waals surface area contributed by atoms with E-state index in [9.17, 15) is 9.59 Å². The molecule has 1 aromatic rings. The van der Waals surface area contributed by atoms with Gasteiger partial charge in [-0.25, -0.2) is 0 Å². The zero-order valence-corrected chi connectivity index (χ0v) is 12.6. The number of aliphatic hydroxyl groups excluding tert-OH is 1. The molecule has 2 amide bonds. The molecule has 0 aromatic heterocycles. The van der Waals surface area contributed by atoms with Crippen LogP contribution >= 0.6 is 11.6 Å². The summed E-state index contributed by atoms with van der Waals surface area (Å²) in [4.78, 5) is 25.8. The number of rotatable bonds is 5. The largest absolute Gasteiger partial charge is 0.396 e. The van der Waals surface area contributed by atoms with Gasteiger partial charge in [0.15, 0.2) is 0 Å². The van der Waals surface area contributed by atoms with E-state index < -0.39 is 5.92 Å². The topological polar surface area (TPSA) is 69.6 Å². The van der Waals surface area contributed by atoms with Crippen LogP contribution in [0.2, 0.25) is 5.02 Å². The molecule has 0 saturated carbocycles. The molecule has 0 spiro atoms. The Labute approximate surface area is 128 Å². The molecule has 2 atom stereocenters. The molecule has 1 aliphatic rings. The van der Waals surface area contributed by atoms with Crippen LogP contribution in [0.4, 0.5) is 0 Å². The molecule has 2 unspecified atom stereocenters. The van der Waals surface area contributed by atoms with E-state index in [1.165, 1.54) is 0 Å². The van der Waals surface area contributed by atoms with Crippen molar-refractivity contribution in [2.45, 2.75) is 18.9 Å². The van der Waals surface area contributed by atoms with E-state index in [-0.39, 0.29) is 30.9 Å². The van der Waals surface area contributed by atoms with E-state index in [4.69, 9.17) is 16.7 Å². The summed E-state index contributed by atoms with van der Waals surface area (Å²) in [5.41, 5.74) is 0.859. The second-order valence-corrected chi connectivity index (χ2v) is 5.62. The van der Waals surface area contributed by atoms with Crippen LogP contribution in [0.25, 0.3) is 0 Å². The second kappa shape index (κ2) is 6.91. The number of nitrogens with zero attached hydrogens (tertiary/aromatic N) is 1. The fraction of sp³-hybridized carbons (Fsp3) is 0.467. The molecule has 21 heavy (non-hydrogen) atoms. The van der Waals surface area contributed by atoms with Crippen molar-refractivity contribution in [2.75, 3.05) is 20.2 Å². The van der Waals surface area contributed by atoms with Gasteiger partial charge in [0.1, 0.15) is 0 Å². The van der Waals surface area contributed by atoms with Crippen molar-refractivity contribution in [3.05, 3.63) is 34.9 Å². The predicted octanol–water partition coefficient (Wildman–Crippen LogP) is 1.36. The number of nitrogens with one attached hydrogen (secondary N) is 1. The van der Waals surface area contributed by atoms with Gasteiger partial charge in [-0.05, 0) is 24.1 Å². The maximum absolute atomic E-state index is 12.3. The monoisotopic (exact) mass is 310 g/mol. The first-order valence-corrected chi connectivity index (χ1v) is 7.32. The van der Waals surface area contributed by atoms with Crippen LogP contribution in [0.5, 0.6) is 0 Å². The molecule has 6 heteroatoms. The van der Waals surface area contributed by atoms with Gasteiger partial charge in [0.05, 0.1) is 12.0 Å². The van der Waals surface area contributed by atoms with Crippen molar-refractivity contribution >= 4 is 23.4 Å². The maximum atomic E-state index is 12.3. The number of benzene rings is 1. The van der Waals surface area contributed by atoms with Crippen LogP contribution in [-0.4, -0.2) is 42.0 Å². The summed E-state index contributed by atoms with van der Waals surface area (Å²) in [6.07, 6.45) is 0.697. The minimum absolute atomic E-state index is 0.0293. The van der Waals surface area contributed by atoms with Gasteiger partial charge in [0.2, 0.25) is 11.8 Å². The molecule has 1 heterocycles. The normalized spacial score (nSPS) is 21.7. The first-order chi connectivity index (χ1) is 10.0. The third-order valence-electron chi connectivity index (χ3n) is 3.75. The summed E-state index contributed by atoms with van der Waals surface area (Å²) in [6.45, 7) is 0.438. The molecule has 2 rings (SSSR count). The van der Waals surface area contributed by atoms with Crippen molar-refractivity contribution in [2.24, 2.45) is 5.92 Å². The van der Waals surface area contributed by atoms with Gasteiger partial charge in [0, 0.05) is 31.6 Å². The Balaban J connectivity index is 2.19. The summed E-state index contributed by atoms with van der Waals surface area (Å²) in [7, 11) is 1.70. The Morgan fingerprint density at radius 2 is 2.29 bits per heavy atom. The highest BCUT2D eigenvalue weighted by atomic mass is 35.5. The van der Waals surface area contributed by atoms with E-state index in [0.29, 0.717) is 18.0 Å². The summed E-state index contributed by atoms with van der Waals surface area (Å²) in [6, 6.07) is 6.94. The lowest BCUT2D eigenvalue weighted by Gasteiger charge is -2.25. The van der Waals surface area contributed by atoms with Crippen molar-refractivity contribution in [1.29, 1.82) is 0 Å². The smallest absolute Gasteiger partial charge is 0.226 e. The summed E-state index contributed by atoms with van der Waals surface area (Å²) < 4.78 is 0. The van der Waals surface area contributed by atoms with E-state index in [2.05, 4.69) is 5.32 Å². The quantitative estimate of drug-likeness (QED) is 0.807. The Kier molecular flexibility index (Phi) is 5.20. The highest BCUT2D eigenvalue weighted by Gasteiger charge is 2.42. The standard InChI is InChI=1S/C15H19ClN2O3/c1-18-13(20)9-12(15(21)17-6-3-7-19)14(18)10-4-2-5-11(16)8-10/h2,4-5,8,12,14,19H,3,6-7,9H2,1H3,(H,17,21). The number of hydrogen-bond donors (Lipinski definition) is 2. The molecular weight excluding hydrogens is 292 g/mol. The van der Waals surface area contributed by atoms with Crippen molar-refractivity contribution in [1.82, 2.24) is 10.2 Å². The third kappa shape index (κ3) is 3.54. The second-order valence-electron chi connectivity index (χ2n) is 5.18. The predicted molar refractivity (Wildman–Crippen MR) is 79.8 cm³/mol. The molecule has 1 fully saturated rings. The molecule has 1 aromatic carbocycles. The Bertz CT molecular complexity index is 535. The summed E-state index contributed by atoms with van der Waals surface area (Å²) >= 11 is 6.01. The average molecular weight is 311 g/mol. The number of likely N-dealkylation sites (tertiary alicyclic amines) is 1. The third-order valence-corrected chi connectivity index (χ3v) is 3.98. The van der Waals surface area contributed by atoms with Crippen molar-refractivity contribution < 1.29 is 14.7 Å². The van der Waals surface area contributed by atoms with E-state index in [1.807, 2.05) is 12.1 Å². The highest BCUT2D eigenvalue weighted by molar-refractivity contribution is 6.30. The van der Waals surface area contributed by atoms with Gasteiger partial charge < -0.3 is 15.3 Å². The molecule has 1 saturated heterocycles. The average Bonchev–Trinajstić information content (AvgIpc) is 2.75. The van der Waals surface area contributed by atoms with Crippen LogP contribution in [-0.2, 0) is 9.59 Å². The Hall–Kier alpha value is -1.59. The van der Waals surface area contributed by atoms with Crippen LogP contribution in [0.15, 0.2) is 24.3 Å². The number of carbonyl (C=O) groups is 2. The molecule has 5 nitrogen and oxygen atoms in total. The molecule has 0 aliphatic carbocycles. The number of carbonyl (C=O) groups excluding carboxylic acids is 2. The van der Waals surface area contributed by atoms with E-state index in [1.54, 1.807) is 24.1 Å². The van der Waals surface area contributed by atoms with Crippen LogP contribution in [0, 0.1) is 5.92 Å². The lowest BCUT2D eigenvalue weighted by molar-refractivity contribution is -0.128.